The van der Waals surface area contributed by atoms with Gasteiger partial charge in [-0.05, 0) is 50.0 Å². The van der Waals surface area contributed by atoms with Gasteiger partial charge in [0.2, 0.25) is 0 Å². The Balaban J connectivity index is 1.51. The number of fused-ring (bicyclic) bond motifs is 3. The van der Waals surface area contributed by atoms with Crippen LogP contribution in [0.25, 0.3) is 10.2 Å². The Labute approximate surface area is 143 Å². The molecule has 6 rings (SSSR count). The molecule has 23 heavy (non-hydrogen) atoms. The van der Waals surface area contributed by atoms with Gasteiger partial charge in [-0.2, -0.15) is 0 Å². The molecule has 5 heterocycles. The summed E-state index contributed by atoms with van der Waals surface area (Å²) in [5, 5.41) is 1.67. The molecule has 4 aliphatic rings. The Morgan fingerprint density at radius 2 is 2.09 bits per heavy atom. The number of thiazole rings is 1. The number of aromatic nitrogens is 1. The molecule has 1 unspecified atom stereocenters. The Morgan fingerprint density at radius 1 is 1.26 bits per heavy atom. The van der Waals surface area contributed by atoms with Crippen LogP contribution in [0.5, 0.6) is 0 Å². The van der Waals surface area contributed by atoms with Gasteiger partial charge in [0.15, 0.2) is 11.1 Å². The van der Waals surface area contributed by atoms with Crippen LogP contribution in [0.2, 0.25) is 5.02 Å². The maximum atomic E-state index is 6.30. The third-order valence-corrected chi connectivity index (χ3v) is 6.74. The van der Waals surface area contributed by atoms with Gasteiger partial charge in [0.1, 0.15) is 0 Å². The van der Waals surface area contributed by atoms with Gasteiger partial charge in [0, 0.05) is 11.6 Å². The second-order valence-electron chi connectivity index (χ2n) is 6.82. The summed E-state index contributed by atoms with van der Waals surface area (Å²) in [5.41, 5.74) is 7.24. The molecule has 1 aromatic heterocycles. The molecule has 5 nitrogen and oxygen atoms in total. The second-order valence-corrected chi connectivity index (χ2v) is 8.26. The Hall–Kier alpha value is -1.37. The molecule has 2 N–H and O–H groups in total. The van der Waals surface area contributed by atoms with Gasteiger partial charge in [0.25, 0.3) is 0 Å². The summed E-state index contributed by atoms with van der Waals surface area (Å²) in [6.45, 7) is 4.31. The Morgan fingerprint density at radius 3 is 2.83 bits per heavy atom. The first-order valence-electron chi connectivity index (χ1n) is 8.04. The van der Waals surface area contributed by atoms with Crippen LogP contribution in [-0.4, -0.2) is 47.6 Å². The van der Waals surface area contributed by atoms with E-state index < -0.39 is 0 Å². The third kappa shape index (κ3) is 2.08. The molecule has 3 saturated heterocycles. The molecule has 0 saturated carbocycles. The van der Waals surface area contributed by atoms with Crippen LogP contribution >= 0.6 is 22.9 Å². The van der Waals surface area contributed by atoms with Crippen molar-refractivity contribution in [3.63, 3.8) is 0 Å². The molecule has 0 amide bonds. The highest BCUT2D eigenvalue weighted by Gasteiger charge is 2.51. The lowest BCUT2D eigenvalue weighted by molar-refractivity contribution is 0.0390. The molecule has 2 bridgehead atoms. The molecular formula is C16H18ClN5S. The fourth-order valence-corrected chi connectivity index (χ4v) is 5.55. The predicted molar refractivity (Wildman–Crippen MR) is 95.5 cm³/mol. The van der Waals surface area contributed by atoms with Gasteiger partial charge in [-0.1, -0.05) is 22.9 Å². The van der Waals surface area contributed by atoms with Crippen molar-refractivity contribution in [1.82, 2.24) is 9.88 Å². The van der Waals surface area contributed by atoms with Crippen LogP contribution in [0, 0.1) is 5.92 Å². The first kappa shape index (κ1) is 14.0. The number of anilines is 1. The molecule has 120 valence electrons. The highest BCUT2D eigenvalue weighted by Crippen LogP contribution is 2.43. The third-order valence-electron chi connectivity index (χ3n) is 5.46. The van der Waals surface area contributed by atoms with Crippen molar-refractivity contribution in [3.05, 3.63) is 23.2 Å². The Kier molecular flexibility index (Phi) is 2.93. The van der Waals surface area contributed by atoms with Crippen molar-refractivity contribution in [2.75, 3.05) is 31.1 Å². The Bertz CT molecular complexity index is 810. The van der Waals surface area contributed by atoms with Crippen molar-refractivity contribution < 1.29 is 0 Å². The first-order chi connectivity index (χ1) is 11.1. The number of benzene rings is 1. The van der Waals surface area contributed by atoms with Gasteiger partial charge in [0.05, 0.1) is 22.3 Å². The molecule has 4 aliphatic heterocycles. The number of rotatable bonds is 1. The molecule has 1 spiro atoms. The average molecular weight is 348 g/mol. The van der Waals surface area contributed by atoms with Gasteiger partial charge >= 0.3 is 0 Å². The molecule has 3 fully saturated rings. The van der Waals surface area contributed by atoms with E-state index in [2.05, 4.69) is 9.80 Å². The fourth-order valence-electron chi connectivity index (χ4n) is 4.30. The summed E-state index contributed by atoms with van der Waals surface area (Å²) >= 11 is 7.72. The van der Waals surface area contributed by atoms with E-state index in [1.54, 1.807) is 11.3 Å². The minimum absolute atomic E-state index is 0.0317. The number of halogens is 1. The van der Waals surface area contributed by atoms with E-state index in [9.17, 15) is 0 Å². The zero-order valence-corrected chi connectivity index (χ0v) is 14.3. The van der Waals surface area contributed by atoms with Gasteiger partial charge in [-0.15, -0.1) is 0 Å². The van der Waals surface area contributed by atoms with Gasteiger partial charge < -0.3 is 10.6 Å². The van der Waals surface area contributed by atoms with Crippen LogP contribution in [0.15, 0.2) is 23.2 Å². The van der Waals surface area contributed by atoms with E-state index in [1.165, 1.54) is 25.9 Å². The van der Waals surface area contributed by atoms with Crippen molar-refractivity contribution in [2.24, 2.45) is 16.6 Å². The predicted octanol–water partition coefficient (Wildman–Crippen LogP) is 2.55. The van der Waals surface area contributed by atoms with Crippen LogP contribution in [0.4, 0.5) is 5.13 Å². The smallest absolute Gasteiger partial charge is 0.198 e. The summed E-state index contributed by atoms with van der Waals surface area (Å²) in [5.74, 6) is 1.27. The van der Waals surface area contributed by atoms with E-state index in [0.717, 1.165) is 33.5 Å². The molecule has 7 heteroatoms. The number of guanidine groups is 1. The highest BCUT2D eigenvalue weighted by molar-refractivity contribution is 7.22. The van der Waals surface area contributed by atoms with Crippen LogP contribution in [-0.2, 0) is 0 Å². The lowest BCUT2D eigenvalue weighted by Crippen LogP contribution is -2.60. The fraction of sp³-hybridized carbons (Fsp3) is 0.500. The van der Waals surface area contributed by atoms with Crippen molar-refractivity contribution >= 4 is 44.2 Å². The summed E-state index contributed by atoms with van der Waals surface area (Å²) in [7, 11) is 0. The number of aliphatic imine (C=N–C) groups is 1. The number of hydrogen-bond donors (Lipinski definition) is 1. The van der Waals surface area contributed by atoms with Gasteiger partial charge in [-0.25, -0.2) is 9.98 Å². The summed E-state index contributed by atoms with van der Waals surface area (Å²) < 4.78 is 1.09. The first-order valence-corrected chi connectivity index (χ1v) is 9.24. The summed E-state index contributed by atoms with van der Waals surface area (Å²) in [6.07, 6.45) is 2.47. The molecule has 0 aliphatic carbocycles. The van der Waals surface area contributed by atoms with E-state index in [4.69, 9.17) is 27.3 Å². The highest BCUT2D eigenvalue weighted by atomic mass is 35.5. The number of nitrogens with zero attached hydrogens (tertiary/aromatic N) is 4. The quantitative estimate of drug-likeness (QED) is 0.861. The largest absolute Gasteiger partial charge is 0.369 e. The van der Waals surface area contributed by atoms with Crippen molar-refractivity contribution in [2.45, 2.75) is 18.4 Å². The molecule has 0 radical (unpaired) electrons. The zero-order chi connectivity index (χ0) is 15.6. The monoisotopic (exact) mass is 347 g/mol. The van der Waals surface area contributed by atoms with Crippen LogP contribution in [0.1, 0.15) is 12.8 Å². The average Bonchev–Trinajstić information content (AvgIpc) is 3.09. The number of nitrogens with two attached hydrogens (primary N) is 1. The van der Waals surface area contributed by atoms with Crippen molar-refractivity contribution in [3.8, 4) is 0 Å². The van der Waals surface area contributed by atoms with E-state index in [1.807, 2.05) is 18.2 Å². The minimum atomic E-state index is -0.0317. The van der Waals surface area contributed by atoms with Crippen molar-refractivity contribution in [1.29, 1.82) is 0 Å². The van der Waals surface area contributed by atoms with E-state index in [0.29, 0.717) is 11.9 Å². The zero-order valence-electron chi connectivity index (χ0n) is 12.7. The lowest BCUT2D eigenvalue weighted by atomic mass is 9.73. The molecular weight excluding hydrogens is 330 g/mol. The molecule has 1 atom stereocenters. The topological polar surface area (TPSA) is 57.8 Å². The van der Waals surface area contributed by atoms with Crippen LogP contribution < -0.4 is 10.6 Å². The van der Waals surface area contributed by atoms with E-state index in [-0.39, 0.29) is 5.54 Å². The van der Waals surface area contributed by atoms with Crippen LogP contribution in [0.3, 0.4) is 0 Å². The normalized spacial score (nSPS) is 32.9. The lowest BCUT2D eigenvalue weighted by Gasteiger charge is -2.49. The minimum Gasteiger partial charge on any atom is -0.369 e. The molecule has 2 aromatic rings. The van der Waals surface area contributed by atoms with E-state index >= 15 is 0 Å². The number of hydrogen-bond acceptors (Lipinski definition) is 6. The SMILES string of the molecule is NC1=NC2(CN3CCC2CC3)CN1c1nc2ccc(Cl)cc2s1. The summed E-state index contributed by atoms with van der Waals surface area (Å²) in [6, 6.07) is 5.81. The standard InChI is InChI=1S/C16H18ClN5S/c17-11-1-2-12-13(7-11)23-15(19-12)22-9-16(20-14(22)18)8-21-5-3-10(16)4-6-21/h1-2,7,10H,3-6,8-9H2,(H2,18,20). The second kappa shape index (κ2) is 4.82. The maximum Gasteiger partial charge on any atom is 0.198 e. The summed E-state index contributed by atoms with van der Waals surface area (Å²) in [4.78, 5) is 14.3. The maximum absolute atomic E-state index is 6.30. The number of piperidine rings is 3. The van der Waals surface area contributed by atoms with Gasteiger partial charge in [-0.3, -0.25) is 4.90 Å². The molecule has 1 aromatic carbocycles.